The van der Waals surface area contributed by atoms with Crippen molar-refractivity contribution in [2.24, 2.45) is 0 Å². The van der Waals surface area contributed by atoms with Gasteiger partial charge in [0.1, 0.15) is 11.6 Å². The highest BCUT2D eigenvalue weighted by atomic mass is 79.9. The summed E-state index contributed by atoms with van der Waals surface area (Å²) in [5.41, 5.74) is 1.29. The smallest absolute Gasteiger partial charge is 0.146 e. The largest absolute Gasteiger partial charge is 0.338 e. The molecule has 0 amide bonds. The number of hydrogen-bond donors (Lipinski definition) is 1. The first-order valence-corrected chi connectivity index (χ1v) is 5.61. The number of pyridine rings is 1. The van der Waals surface area contributed by atoms with Crippen LogP contribution < -0.4 is 5.32 Å². The lowest BCUT2D eigenvalue weighted by Gasteiger charge is -2.07. The predicted molar refractivity (Wildman–Crippen MR) is 66.4 cm³/mol. The van der Waals surface area contributed by atoms with Crippen molar-refractivity contribution in [1.29, 1.82) is 0 Å². The van der Waals surface area contributed by atoms with Crippen molar-refractivity contribution in [3.8, 4) is 0 Å². The Bertz CT molecular complexity index is 514. The molecule has 0 atom stereocenters. The lowest BCUT2D eigenvalue weighted by Crippen LogP contribution is -1.97. The Morgan fingerprint density at radius 2 is 1.94 bits per heavy atom. The number of benzene rings is 1. The molecule has 2 nitrogen and oxygen atoms in total. The molecule has 16 heavy (non-hydrogen) atoms. The van der Waals surface area contributed by atoms with Gasteiger partial charge in [0, 0.05) is 4.47 Å². The molecule has 1 aromatic heterocycles. The minimum Gasteiger partial charge on any atom is -0.338 e. The van der Waals surface area contributed by atoms with Gasteiger partial charge in [0.25, 0.3) is 0 Å². The van der Waals surface area contributed by atoms with Crippen molar-refractivity contribution in [2.45, 2.75) is 6.92 Å². The SMILES string of the molecule is Cc1nc(Nc2ccccc2F)ccc1Br. The molecule has 2 rings (SSSR count). The normalized spacial score (nSPS) is 10.2. The van der Waals surface area contributed by atoms with E-state index in [1.807, 2.05) is 13.0 Å². The van der Waals surface area contributed by atoms with Gasteiger partial charge < -0.3 is 5.32 Å². The number of nitrogens with zero attached hydrogens (tertiary/aromatic N) is 1. The van der Waals surface area contributed by atoms with Crippen LogP contribution in [0.4, 0.5) is 15.9 Å². The number of rotatable bonds is 2. The van der Waals surface area contributed by atoms with Gasteiger partial charge in [-0.05, 0) is 47.1 Å². The summed E-state index contributed by atoms with van der Waals surface area (Å²) in [5, 5.41) is 2.93. The summed E-state index contributed by atoms with van der Waals surface area (Å²) in [6.45, 7) is 1.89. The third kappa shape index (κ3) is 2.39. The fourth-order valence-electron chi connectivity index (χ4n) is 1.31. The average molecular weight is 281 g/mol. The van der Waals surface area contributed by atoms with E-state index in [1.54, 1.807) is 24.3 Å². The van der Waals surface area contributed by atoms with Crippen LogP contribution in [-0.2, 0) is 0 Å². The van der Waals surface area contributed by atoms with E-state index in [1.165, 1.54) is 6.07 Å². The number of nitrogens with one attached hydrogen (secondary N) is 1. The summed E-state index contributed by atoms with van der Waals surface area (Å²) in [6.07, 6.45) is 0. The lowest BCUT2D eigenvalue weighted by molar-refractivity contribution is 0.632. The molecule has 0 unspecified atom stereocenters. The van der Waals surface area contributed by atoms with Crippen LogP contribution in [0.15, 0.2) is 40.9 Å². The summed E-state index contributed by atoms with van der Waals surface area (Å²) in [4.78, 5) is 4.28. The first kappa shape index (κ1) is 11.1. The number of halogens is 2. The quantitative estimate of drug-likeness (QED) is 0.898. The van der Waals surface area contributed by atoms with Crippen molar-refractivity contribution < 1.29 is 4.39 Å². The Kier molecular flexibility index (Phi) is 3.19. The van der Waals surface area contributed by atoms with Crippen LogP contribution in [0.1, 0.15) is 5.69 Å². The zero-order valence-corrected chi connectivity index (χ0v) is 10.3. The van der Waals surface area contributed by atoms with Crippen molar-refractivity contribution in [3.63, 3.8) is 0 Å². The average Bonchev–Trinajstić information content (AvgIpc) is 2.27. The van der Waals surface area contributed by atoms with E-state index < -0.39 is 0 Å². The highest BCUT2D eigenvalue weighted by Crippen LogP contribution is 2.21. The van der Waals surface area contributed by atoms with Crippen LogP contribution >= 0.6 is 15.9 Å². The molecular formula is C12H10BrFN2. The molecule has 0 radical (unpaired) electrons. The van der Waals surface area contributed by atoms with Crippen LogP contribution in [0.3, 0.4) is 0 Å². The van der Waals surface area contributed by atoms with E-state index >= 15 is 0 Å². The summed E-state index contributed by atoms with van der Waals surface area (Å²) < 4.78 is 14.3. The molecular weight excluding hydrogens is 271 g/mol. The topological polar surface area (TPSA) is 24.9 Å². The molecule has 4 heteroatoms. The summed E-state index contributed by atoms with van der Waals surface area (Å²) in [6, 6.07) is 10.2. The van der Waals surface area contributed by atoms with E-state index in [0.717, 1.165) is 10.2 Å². The third-order valence-electron chi connectivity index (χ3n) is 2.16. The van der Waals surface area contributed by atoms with Gasteiger partial charge in [0.05, 0.1) is 11.4 Å². The van der Waals surface area contributed by atoms with Crippen molar-refractivity contribution in [2.75, 3.05) is 5.32 Å². The zero-order valence-electron chi connectivity index (χ0n) is 8.67. The van der Waals surface area contributed by atoms with E-state index in [4.69, 9.17) is 0 Å². The van der Waals surface area contributed by atoms with Gasteiger partial charge in [-0.3, -0.25) is 0 Å². The van der Waals surface area contributed by atoms with Crippen LogP contribution in [0.5, 0.6) is 0 Å². The minimum absolute atomic E-state index is 0.287. The molecule has 0 fully saturated rings. The maximum absolute atomic E-state index is 13.4. The van der Waals surface area contributed by atoms with Gasteiger partial charge in [0.15, 0.2) is 0 Å². The molecule has 0 aliphatic carbocycles. The van der Waals surface area contributed by atoms with E-state index in [2.05, 4.69) is 26.2 Å². The zero-order chi connectivity index (χ0) is 11.5. The Hall–Kier alpha value is -1.42. The Morgan fingerprint density at radius 3 is 2.62 bits per heavy atom. The van der Waals surface area contributed by atoms with Gasteiger partial charge in [-0.2, -0.15) is 0 Å². The lowest BCUT2D eigenvalue weighted by atomic mass is 10.3. The Morgan fingerprint density at radius 1 is 1.19 bits per heavy atom. The van der Waals surface area contributed by atoms with Gasteiger partial charge in [-0.25, -0.2) is 9.37 Å². The maximum Gasteiger partial charge on any atom is 0.146 e. The standard InChI is InChI=1S/C12H10BrFN2/c1-8-9(13)6-7-12(15-8)16-11-5-3-2-4-10(11)14/h2-7H,1H3,(H,15,16). The molecule has 1 heterocycles. The second-order valence-corrected chi connectivity index (χ2v) is 4.22. The molecule has 0 spiro atoms. The highest BCUT2D eigenvalue weighted by Gasteiger charge is 2.03. The van der Waals surface area contributed by atoms with E-state index in [9.17, 15) is 4.39 Å². The van der Waals surface area contributed by atoms with Crippen molar-refractivity contribution >= 4 is 27.4 Å². The summed E-state index contributed by atoms with van der Waals surface area (Å²) >= 11 is 3.36. The Balaban J connectivity index is 2.28. The molecule has 0 saturated heterocycles. The van der Waals surface area contributed by atoms with Crippen molar-refractivity contribution in [3.05, 3.63) is 52.4 Å². The molecule has 1 aromatic carbocycles. The van der Waals surface area contributed by atoms with E-state index in [-0.39, 0.29) is 5.82 Å². The molecule has 0 saturated carbocycles. The van der Waals surface area contributed by atoms with Gasteiger partial charge in [-0.15, -0.1) is 0 Å². The fourth-order valence-corrected chi connectivity index (χ4v) is 1.54. The molecule has 0 aliphatic heterocycles. The van der Waals surface area contributed by atoms with Crippen LogP contribution in [0, 0.1) is 12.7 Å². The molecule has 0 aliphatic rings. The van der Waals surface area contributed by atoms with E-state index in [0.29, 0.717) is 11.5 Å². The second kappa shape index (κ2) is 4.61. The fraction of sp³-hybridized carbons (Fsp3) is 0.0833. The molecule has 1 N–H and O–H groups in total. The third-order valence-corrected chi connectivity index (χ3v) is 3.00. The number of hydrogen-bond acceptors (Lipinski definition) is 2. The molecule has 0 bridgehead atoms. The van der Waals surface area contributed by atoms with Gasteiger partial charge in [0.2, 0.25) is 0 Å². The molecule has 2 aromatic rings. The number of aromatic nitrogens is 1. The predicted octanol–water partition coefficient (Wildman–Crippen LogP) is 4.04. The summed E-state index contributed by atoms with van der Waals surface area (Å²) in [7, 11) is 0. The van der Waals surface area contributed by atoms with Crippen molar-refractivity contribution in [1.82, 2.24) is 4.98 Å². The Labute approximate surface area is 102 Å². The summed E-state index contributed by atoms with van der Waals surface area (Å²) in [5.74, 6) is 0.343. The first-order chi connectivity index (χ1) is 7.66. The number of aryl methyl sites for hydroxylation is 1. The van der Waals surface area contributed by atoms with Gasteiger partial charge >= 0.3 is 0 Å². The van der Waals surface area contributed by atoms with Crippen LogP contribution in [0.25, 0.3) is 0 Å². The van der Waals surface area contributed by atoms with Gasteiger partial charge in [-0.1, -0.05) is 12.1 Å². The maximum atomic E-state index is 13.4. The highest BCUT2D eigenvalue weighted by molar-refractivity contribution is 9.10. The number of anilines is 2. The van der Waals surface area contributed by atoms with Crippen LogP contribution in [-0.4, -0.2) is 4.98 Å². The monoisotopic (exact) mass is 280 g/mol. The minimum atomic E-state index is -0.287. The first-order valence-electron chi connectivity index (χ1n) is 4.81. The van der Waals surface area contributed by atoms with Crippen LogP contribution in [0.2, 0.25) is 0 Å². The number of para-hydroxylation sites is 1. The second-order valence-electron chi connectivity index (χ2n) is 3.37. The molecule has 82 valence electrons.